The van der Waals surface area contributed by atoms with Gasteiger partial charge in [0.15, 0.2) is 5.13 Å². The molecule has 0 atom stereocenters. The zero-order valence-corrected chi connectivity index (χ0v) is 17.0. The average molecular weight is 395 g/mol. The summed E-state index contributed by atoms with van der Waals surface area (Å²) in [7, 11) is -2.47. The summed E-state index contributed by atoms with van der Waals surface area (Å²) >= 11 is 1.30. The van der Waals surface area contributed by atoms with Gasteiger partial charge in [-0.15, -0.1) is 0 Å². The molecule has 1 aliphatic heterocycles. The minimum absolute atomic E-state index is 0.00405. The standard InChI is InChI=1S/C17H22N4O3S2/c1-9-14(25-16(18)20-9)10-6-11-8-21(17(2,3)4)15(22)13(11)12(7-10)26(23,24)19-5/h6-7,19H,8H2,1-5H3,(H2,18,20). The van der Waals surface area contributed by atoms with E-state index in [2.05, 4.69) is 9.71 Å². The lowest BCUT2D eigenvalue weighted by atomic mass is 10.0. The maximum atomic E-state index is 12.9. The molecule has 1 aromatic carbocycles. The molecule has 0 aliphatic carbocycles. The highest BCUT2D eigenvalue weighted by molar-refractivity contribution is 7.89. The monoisotopic (exact) mass is 394 g/mol. The third-order valence-corrected chi connectivity index (χ3v) is 6.89. The first-order chi connectivity index (χ1) is 12.0. The molecule has 3 rings (SSSR count). The van der Waals surface area contributed by atoms with Gasteiger partial charge in [-0.1, -0.05) is 11.3 Å². The molecule has 1 aliphatic rings. The van der Waals surface area contributed by atoms with Crippen LogP contribution in [0, 0.1) is 6.92 Å². The van der Waals surface area contributed by atoms with Crippen molar-refractivity contribution in [3.8, 4) is 10.4 Å². The molecule has 2 aromatic rings. The van der Waals surface area contributed by atoms with Crippen LogP contribution in [0.5, 0.6) is 0 Å². The number of nitrogens with one attached hydrogen (secondary N) is 1. The predicted octanol–water partition coefficient (Wildman–Crippen LogP) is 2.36. The van der Waals surface area contributed by atoms with E-state index in [1.165, 1.54) is 24.5 Å². The molecule has 1 aromatic heterocycles. The number of aromatic nitrogens is 1. The van der Waals surface area contributed by atoms with Gasteiger partial charge in [-0.25, -0.2) is 18.1 Å². The van der Waals surface area contributed by atoms with Crippen molar-refractivity contribution in [1.82, 2.24) is 14.6 Å². The molecule has 0 radical (unpaired) electrons. The van der Waals surface area contributed by atoms with Crippen molar-refractivity contribution >= 4 is 32.4 Å². The van der Waals surface area contributed by atoms with Crippen LogP contribution in [0.4, 0.5) is 5.13 Å². The average Bonchev–Trinajstić information content (AvgIpc) is 3.05. The van der Waals surface area contributed by atoms with Crippen LogP contribution in [0.15, 0.2) is 17.0 Å². The Morgan fingerprint density at radius 2 is 1.96 bits per heavy atom. The van der Waals surface area contributed by atoms with Gasteiger partial charge in [0, 0.05) is 12.1 Å². The maximum Gasteiger partial charge on any atom is 0.256 e. The first-order valence-corrected chi connectivity index (χ1v) is 10.4. The van der Waals surface area contributed by atoms with Crippen LogP contribution >= 0.6 is 11.3 Å². The van der Waals surface area contributed by atoms with Crippen molar-refractivity contribution in [2.75, 3.05) is 12.8 Å². The Balaban J connectivity index is 2.28. The minimum Gasteiger partial charge on any atom is -0.375 e. The Morgan fingerprint density at radius 1 is 1.31 bits per heavy atom. The lowest BCUT2D eigenvalue weighted by molar-refractivity contribution is 0.0607. The quantitative estimate of drug-likeness (QED) is 0.831. The first kappa shape index (κ1) is 18.8. The highest BCUT2D eigenvalue weighted by Crippen LogP contribution is 2.39. The highest BCUT2D eigenvalue weighted by atomic mass is 32.2. The van der Waals surface area contributed by atoms with E-state index in [1.54, 1.807) is 4.90 Å². The van der Waals surface area contributed by atoms with E-state index in [1.807, 2.05) is 33.8 Å². The van der Waals surface area contributed by atoms with Gasteiger partial charge in [0.25, 0.3) is 5.91 Å². The molecule has 2 heterocycles. The smallest absolute Gasteiger partial charge is 0.256 e. The second-order valence-electron chi connectivity index (χ2n) is 7.24. The van der Waals surface area contributed by atoms with E-state index in [0.717, 1.165) is 10.6 Å². The molecule has 0 saturated heterocycles. The summed E-state index contributed by atoms with van der Waals surface area (Å²) in [6.07, 6.45) is 0. The molecule has 3 N–H and O–H groups in total. The van der Waals surface area contributed by atoms with Crippen molar-refractivity contribution in [1.29, 1.82) is 0 Å². The van der Waals surface area contributed by atoms with Crippen LogP contribution < -0.4 is 10.5 Å². The Morgan fingerprint density at radius 3 is 2.46 bits per heavy atom. The number of nitrogen functional groups attached to an aromatic ring is 1. The highest BCUT2D eigenvalue weighted by Gasteiger charge is 2.39. The normalized spacial score (nSPS) is 14.8. The van der Waals surface area contributed by atoms with Crippen molar-refractivity contribution in [2.45, 2.75) is 44.7 Å². The number of nitrogens with two attached hydrogens (primary N) is 1. The number of hydrogen-bond donors (Lipinski definition) is 2. The lowest BCUT2D eigenvalue weighted by Gasteiger charge is -2.31. The van der Waals surface area contributed by atoms with Crippen LogP contribution in [-0.4, -0.2) is 36.8 Å². The molecule has 7 nitrogen and oxygen atoms in total. The van der Waals surface area contributed by atoms with Crippen LogP contribution in [-0.2, 0) is 16.6 Å². The summed E-state index contributed by atoms with van der Waals surface area (Å²) in [6, 6.07) is 3.41. The van der Waals surface area contributed by atoms with Gasteiger partial charge in [0.1, 0.15) is 0 Å². The second kappa shape index (κ2) is 6.04. The van der Waals surface area contributed by atoms with E-state index in [-0.39, 0.29) is 16.4 Å². The number of thiazole rings is 1. The Bertz CT molecular complexity index is 1000. The molecule has 0 saturated carbocycles. The predicted molar refractivity (Wildman–Crippen MR) is 103 cm³/mol. The van der Waals surface area contributed by atoms with E-state index in [4.69, 9.17) is 5.73 Å². The van der Waals surface area contributed by atoms with Crippen molar-refractivity contribution < 1.29 is 13.2 Å². The summed E-state index contributed by atoms with van der Waals surface area (Å²) in [5.41, 5.74) is 7.76. The lowest BCUT2D eigenvalue weighted by Crippen LogP contribution is -2.41. The Hall–Kier alpha value is -1.97. The molecule has 0 unspecified atom stereocenters. The summed E-state index contributed by atoms with van der Waals surface area (Å²) < 4.78 is 27.6. The number of rotatable bonds is 3. The summed E-state index contributed by atoms with van der Waals surface area (Å²) in [5, 5.41) is 0.420. The fourth-order valence-corrected chi connectivity index (χ4v) is 4.91. The fraction of sp³-hybridized carbons (Fsp3) is 0.412. The number of nitrogens with zero attached hydrogens (tertiary/aromatic N) is 2. The number of aryl methyl sites for hydroxylation is 1. The number of carbonyl (C=O) groups is 1. The first-order valence-electron chi connectivity index (χ1n) is 8.11. The number of anilines is 1. The van der Waals surface area contributed by atoms with Gasteiger partial charge in [0.2, 0.25) is 10.0 Å². The minimum atomic E-state index is -3.81. The molecule has 0 spiro atoms. The van der Waals surface area contributed by atoms with Crippen molar-refractivity contribution in [2.24, 2.45) is 0 Å². The number of benzene rings is 1. The Kier molecular flexibility index (Phi) is 4.37. The second-order valence-corrected chi connectivity index (χ2v) is 10.1. The summed E-state index contributed by atoms with van der Waals surface area (Å²) in [6.45, 7) is 7.98. The van der Waals surface area contributed by atoms with Gasteiger partial charge in [-0.05, 0) is 58.0 Å². The summed E-state index contributed by atoms with van der Waals surface area (Å²) in [4.78, 5) is 19.7. The SMILES string of the molecule is CNS(=O)(=O)c1cc(-c2sc(N)nc2C)cc2c1C(=O)N(C(C)(C)C)C2. The van der Waals surface area contributed by atoms with Crippen molar-refractivity contribution in [3.63, 3.8) is 0 Å². The van der Waals surface area contributed by atoms with Gasteiger partial charge in [-0.3, -0.25) is 4.79 Å². The number of hydrogen-bond acceptors (Lipinski definition) is 6. The van der Waals surface area contributed by atoms with Crippen LogP contribution in [0.3, 0.4) is 0 Å². The molecule has 140 valence electrons. The Labute approximate surface area is 157 Å². The number of carbonyl (C=O) groups excluding carboxylic acids is 1. The van der Waals surface area contributed by atoms with Crippen LogP contribution in [0.1, 0.15) is 42.4 Å². The third kappa shape index (κ3) is 3.00. The van der Waals surface area contributed by atoms with Crippen molar-refractivity contribution in [3.05, 3.63) is 29.0 Å². The van der Waals surface area contributed by atoms with E-state index in [0.29, 0.717) is 22.8 Å². The topological polar surface area (TPSA) is 105 Å². The van der Waals surface area contributed by atoms with Gasteiger partial charge >= 0.3 is 0 Å². The molecular formula is C17H22N4O3S2. The van der Waals surface area contributed by atoms with Crippen LogP contribution in [0.2, 0.25) is 0 Å². The molecular weight excluding hydrogens is 372 g/mol. The molecule has 9 heteroatoms. The van der Waals surface area contributed by atoms with E-state index >= 15 is 0 Å². The van der Waals surface area contributed by atoms with E-state index in [9.17, 15) is 13.2 Å². The van der Waals surface area contributed by atoms with E-state index < -0.39 is 15.6 Å². The third-order valence-electron chi connectivity index (χ3n) is 4.41. The number of amides is 1. The maximum absolute atomic E-state index is 12.9. The molecule has 1 amide bonds. The van der Waals surface area contributed by atoms with Gasteiger partial charge in [0.05, 0.1) is 21.0 Å². The summed E-state index contributed by atoms with van der Waals surface area (Å²) in [5.74, 6) is -0.270. The van der Waals surface area contributed by atoms with Gasteiger partial charge < -0.3 is 10.6 Å². The van der Waals surface area contributed by atoms with Crippen LogP contribution in [0.25, 0.3) is 10.4 Å². The molecule has 26 heavy (non-hydrogen) atoms. The van der Waals surface area contributed by atoms with Gasteiger partial charge in [-0.2, -0.15) is 0 Å². The number of fused-ring (bicyclic) bond motifs is 1. The number of sulfonamides is 1. The largest absolute Gasteiger partial charge is 0.375 e. The molecule has 0 bridgehead atoms. The fourth-order valence-electron chi connectivity index (χ4n) is 3.10. The zero-order valence-electron chi connectivity index (χ0n) is 15.4. The zero-order chi connectivity index (χ0) is 19.4. The molecule has 0 fully saturated rings.